The van der Waals surface area contributed by atoms with Crippen molar-refractivity contribution in [2.75, 3.05) is 13.2 Å². The van der Waals surface area contributed by atoms with Crippen LogP contribution in [0.2, 0.25) is 0 Å². The van der Waals surface area contributed by atoms with Crippen molar-refractivity contribution >= 4 is 0 Å². The van der Waals surface area contributed by atoms with Gasteiger partial charge in [-0.05, 0) is 31.4 Å². The quantitative estimate of drug-likeness (QED) is 0.732. The Morgan fingerprint density at radius 3 is 3.07 bits per heavy atom. The number of nitrogens with zero attached hydrogens (tertiary/aromatic N) is 1. The molecule has 0 radical (unpaired) electrons. The molecule has 1 fully saturated rings. The SMILES string of the molecule is Cc1ccncc1C1(O)CCCOC1. The van der Waals surface area contributed by atoms with Gasteiger partial charge in [0.25, 0.3) is 0 Å². The summed E-state index contributed by atoms with van der Waals surface area (Å²) in [7, 11) is 0. The molecule has 1 N–H and O–H groups in total. The molecule has 0 saturated carbocycles. The summed E-state index contributed by atoms with van der Waals surface area (Å²) in [6, 6.07) is 1.92. The zero-order chi connectivity index (χ0) is 10.0. The lowest BCUT2D eigenvalue weighted by atomic mass is 9.87. The highest BCUT2D eigenvalue weighted by Gasteiger charge is 2.33. The monoisotopic (exact) mass is 193 g/mol. The fourth-order valence-electron chi connectivity index (χ4n) is 1.94. The molecule has 1 aromatic rings. The van der Waals surface area contributed by atoms with E-state index < -0.39 is 5.60 Å². The lowest BCUT2D eigenvalue weighted by molar-refractivity contribution is -0.0907. The largest absolute Gasteiger partial charge is 0.383 e. The first-order valence-corrected chi connectivity index (χ1v) is 4.94. The van der Waals surface area contributed by atoms with Gasteiger partial charge in [-0.1, -0.05) is 0 Å². The van der Waals surface area contributed by atoms with Crippen molar-refractivity contribution < 1.29 is 9.84 Å². The second kappa shape index (κ2) is 3.67. The van der Waals surface area contributed by atoms with Crippen molar-refractivity contribution in [2.24, 2.45) is 0 Å². The molecular formula is C11H15NO2. The molecule has 3 heteroatoms. The van der Waals surface area contributed by atoms with E-state index in [9.17, 15) is 5.11 Å². The Morgan fingerprint density at radius 2 is 2.43 bits per heavy atom. The second-order valence-corrected chi connectivity index (χ2v) is 3.88. The molecule has 0 bridgehead atoms. The van der Waals surface area contributed by atoms with E-state index in [1.165, 1.54) is 0 Å². The van der Waals surface area contributed by atoms with E-state index in [4.69, 9.17) is 4.74 Å². The molecule has 1 atom stereocenters. The summed E-state index contributed by atoms with van der Waals surface area (Å²) < 4.78 is 5.32. The maximum absolute atomic E-state index is 10.4. The highest BCUT2D eigenvalue weighted by molar-refractivity contribution is 5.28. The topological polar surface area (TPSA) is 42.4 Å². The molecule has 1 aromatic heterocycles. The van der Waals surface area contributed by atoms with Gasteiger partial charge in [-0.3, -0.25) is 4.98 Å². The van der Waals surface area contributed by atoms with Crippen LogP contribution in [0.3, 0.4) is 0 Å². The zero-order valence-corrected chi connectivity index (χ0v) is 8.36. The Balaban J connectivity index is 2.32. The number of pyridine rings is 1. The van der Waals surface area contributed by atoms with Crippen LogP contribution in [0.5, 0.6) is 0 Å². The van der Waals surface area contributed by atoms with Crippen LogP contribution in [0.4, 0.5) is 0 Å². The maximum atomic E-state index is 10.4. The van der Waals surface area contributed by atoms with Gasteiger partial charge in [0.1, 0.15) is 5.60 Å². The van der Waals surface area contributed by atoms with Crippen LogP contribution in [0, 0.1) is 6.92 Å². The third-order valence-electron chi connectivity index (χ3n) is 2.76. The highest BCUT2D eigenvalue weighted by Crippen LogP contribution is 2.31. The smallest absolute Gasteiger partial charge is 0.115 e. The summed E-state index contributed by atoms with van der Waals surface area (Å²) in [5.41, 5.74) is 1.16. The lowest BCUT2D eigenvalue weighted by Crippen LogP contribution is -2.36. The Hall–Kier alpha value is -0.930. The fraction of sp³-hybridized carbons (Fsp3) is 0.545. The number of ether oxygens (including phenoxy) is 1. The molecule has 1 aliphatic rings. The summed E-state index contributed by atoms with van der Waals surface area (Å²) in [4.78, 5) is 4.05. The van der Waals surface area contributed by atoms with Gasteiger partial charge >= 0.3 is 0 Å². The van der Waals surface area contributed by atoms with Crippen LogP contribution in [0.25, 0.3) is 0 Å². The molecule has 0 amide bonds. The highest BCUT2D eigenvalue weighted by atomic mass is 16.5. The molecule has 0 spiro atoms. The lowest BCUT2D eigenvalue weighted by Gasteiger charge is -2.33. The third-order valence-corrected chi connectivity index (χ3v) is 2.76. The van der Waals surface area contributed by atoms with E-state index >= 15 is 0 Å². The van der Waals surface area contributed by atoms with Gasteiger partial charge in [0.15, 0.2) is 0 Å². The molecule has 2 heterocycles. The molecule has 76 valence electrons. The second-order valence-electron chi connectivity index (χ2n) is 3.88. The summed E-state index contributed by atoms with van der Waals surface area (Å²) in [6.07, 6.45) is 5.15. The number of rotatable bonds is 1. The van der Waals surface area contributed by atoms with E-state index in [0.29, 0.717) is 6.61 Å². The summed E-state index contributed by atoms with van der Waals surface area (Å²) in [6.45, 7) is 3.13. The van der Waals surface area contributed by atoms with Crippen molar-refractivity contribution in [3.63, 3.8) is 0 Å². The van der Waals surface area contributed by atoms with Gasteiger partial charge in [-0.15, -0.1) is 0 Å². The van der Waals surface area contributed by atoms with Gasteiger partial charge in [0.05, 0.1) is 6.61 Å². The van der Waals surface area contributed by atoms with E-state index in [1.54, 1.807) is 12.4 Å². The van der Waals surface area contributed by atoms with Crippen LogP contribution >= 0.6 is 0 Å². The zero-order valence-electron chi connectivity index (χ0n) is 8.36. The van der Waals surface area contributed by atoms with Gasteiger partial charge in [-0.2, -0.15) is 0 Å². The maximum Gasteiger partial charge on any atom is 0.115 e. The first kappa shape index (κ1) is 9.62. The van der Waals surface area contributed by atoms with Crippen LogP contribution in [-0.4, -0.2) is 23.3 Å². The molecule has 0 aliphatic carbocycles. The van der Waals surface area contributed by atoms with E-state index in [0.717, 1.165) is 30.6 Å². The van der Waals surface area contributed by atoms with E-state index in [2.05, 4.69) is 4.98 Å². The predicted octanol–water partition coefficient (Wildman–Crippen LogP) is 1.39. The van der Waals surface area contributed by atoms with Crippen molar-refractivity contribution in [3.05, 3.63) is 29.6 Å². The van der Waals surface area contributed by atoms with Crippen LogP contribution in [-0.2, 0) is 10.3 Å². The molecule has 1 saturated heterocycles. The number of aliphatic hydroxyl groups is 1. The van der Waals surface area contributed by atoms with Crippen LogP contribution < -0.4 is 0 Å². The molecule has 3 nitrogen and oxygen atoms in total. The normalized spacial score (nSPS) is 27.6. The Kier molecular flexibility index (Phi) is 2.52. The predicted molar refractivity (Wildman–Crippen MR) is 52.9 cm³/mol. The van der Waals surface area contributed by atoms with E-state index in [-0.39, 0.29) is 0 Å². The van der Waals surface area contributed by atoms with Crippen molar-refractivity contribution in [2.45, 2.75) is 25.4 Å². The van der Waals surface area contributed by atoms with Crippen molar-refractivity contribution in [3.8, 4) is 0 Å². The summed E-state index contributed by atoms with van der Waals surface area (Å²) >= 11 is 0. The van der Waals surface area contributed by atoms with Gasteiger partial charge in [-0.25, -0.2) is 0 Å². The molecule has 1 unspecified atom stereocenters. The minimum absolute atomic E-state index is 0.388. The molecular weight excluding hydrogens is 178 g/mol. The van der Waals surface area contributed by atoms with Crippen LogP contribution in [0.15, 0.2) is 18.5 Å². The molecule has 0 aromatic carbocycles. The van der Waals surface area contributed by atoms with Crippen LogP contribution in [0.1, 0.15) is 24.0 Å². The van der Waals surface area contributed by atoms with Crippen molar-refractivity contribution in [1.29, 1.82) is 0 Å². The molecule has 1 aliphatic heterocycles. The molecule has 2 rings (SSSR count). The Bertz CT molecular complexity index is 319. The number of hydrogen-bond donors (Lipinski definition) is 1. The minimum Gasteiger partial charge on any atom is -0.383 e. The number of aryl methyl sites for hydroxylation is 1. The number of aromatic nitrogens is 1. The Morgan fingerprint density at radius 1 is 1.57 bits per heavy atom. The Labute approximate surface area is 83.7 Å². The van der Waals surface area contributed by atoms with Gasteiger partial charge in [0.2, 0.25) is 0 Å². The summed E-state index contributed by atoms with van der Waals surface area (Å²) in [5.74, 6) is 0. The third kappa shape index (κ3) is 1.65. The summed E-state index contributed by atoms with van der Waals surface area (Å²) in [5, 5.41) is 10.4. The molecule has 14 heavy (non-hydrogen) atoms. The van der Waals surface area contributed by atoms with Gasteiger partial charge < -0.3 is 9.84 Å². The average molecular weight is 193 g/mol. The minimum atomic E-state index is -0.823. The van der Waals surface area contributed by atoms with Crippen molar-refractivity contribution in [1.82, 2.24) is 4.98 Å². The first-order valence-electron chi connectivity index (χ1n) is 4.94. The fourth-order valence-corrected chi connectivity index (χ4v) is 1.94. The number of hydrogen-bond acceptors (Lipinski definition) is 3. The van der Waals surface area contributed by atoms with Gasteiger partial charge in [0, 0.05) is 24.6 Å². The average Bonchev–Trinajstić information content (AvgIpc) is 2.19. The van der Waals surface area contributed by atoms with E-state index in [1.807, 2.05) is 13.0 Å². The standard InChI is InChI=1S/C11H15NO2/c1-9-3-5-12-7-10(9)11(13)4-2-6-14-8-11/h3,5,7,13H,2,4,6,8H2,1H3. The first-order chi connectivity index (χ1) is 6.72.